The molecule has 0 aliphatic carbocycles. The third-order valence-electron chi connectivity index (χ3n) is 3.40. The first-order chi connectivity index (χ1) is 9.31. The second-order valence-corrected chi connectivity index (χ2v) is 7.28. The van der Waals surface area contributed by atoms with Gasteiger partial charge in [-0.1, -0.05) is 13.8 Å². The van der Waals surface area contributed by atoms with E-state index >= 15 is 0 Å². The summed E-state index contributed by atoms with van der Waals surface area (Å²) in [6.45, 7) is 17.4. The average molecular weight is 282 g/mol. The molecule has 0 amide bonds. The number of rotatable bonds is 5. The summed E-state index contributed by atoms with van der Waals surface area (Å²) < 4.78 is 0. The van der Waals surface area contributed by atoms with Crippen molar-refractivity contribution in [2.45, 2.75) is 66.0 Å². The van der Waals surface area contributed by atoms with Crippen LogP contribution < -0.4 is 10.6 Å². The van der Waals surface area contributed by atoms with E-state index in [1.54, 1.807) is 0 Å². The van der Waals surface area contributed by atoms with Crippen LogP contribution in [0.15, 0.2) is 4.99 Å². The lowest BCUT2D eigenvalue weighted by Gasteiger charge is -2.27. The molecule has 1 heterocycles. The number of likely N-dealkylation sites (tertiary alicyclic amines) is 1. The van der Waals surface area contributed by atoms with Gasteiger partial charge in [0, 0.05) is 24.7 Å². The van der Waals surface area contributed by atoms with E-state index in [1.807, 2.05) is 0 Å². The quantitative estimate of drug-likeness (QED) is 0.601. The Labute approximate surface area is 125 Å². The highest BCUT2D eigenvalue weighted by molar-refractivity contribution is 5.80. The van der Waals surface area contributed by atoms with E-state index < -0.39 is 0 Å². The summed E-state index contributed by atoms with van der Waals surface area (Å²) in [6.07, 6.45) is 2.60. The largest absolute Gasteiger partial charge is 0.357 e. The molecule has 1 saturated heterocycles. The van der Waals surface area contributed by atoms with Crippen molar-refractivity contribution < 1.29 is 0 Å². The highest BCUT2D eigenvalue weighted by Gasteiger charge is 2.24. The van der Waals surface area contributed by atoms with Crippen molar-refractivity contribution in [2.75, 3.05) is 26.2 Å². The van der Waals surface area contributed by atoms with Gasteiger partial charge in [0.1, 0.15) is 0 Å². The third-order valence-corrected chi connectivity index (χ3v) is 3.40. The van der Waals surface area contributed by atoms with Crippen LogP contribution in [0, 0.1) is 5.92 Å². The molecule has 1 rings (SSSR count). The summed E-state index contributed by atoms with van der Waals surface area (Å²) in [5, 5.41) is 6.80. The first-order valence-electron chi connectivity index (χ1n) is 8.12. The molecule has 0 unspecified atom stereocenters. The minimum absolute atomic E-state index is 0.0499. The molecule has 0 aromatic rings. The van der Waals surface area contributed by atoms with Gasteiger partial charge in [-0.2, -0.15) is 0 Å². The monoisotopic (exact) mass is 282 g/mol. The highest BCUT2D eigenvalue weighted by atomic mass is 15.2. The fourth-order valence-corrected chi connectivity index (χ4v) is 2.67. The van der Waals surface area contributed by atoms with Crippen LogP contribution in [-0.4, -0.2) is 48.6 Å². The predicted molar refractivity (Wildman–Crippen MR) is 88.3 cm³/mol. The fourth-order valence-electron chi connectivity index (χ4n) is 2.67. The molecule has 1 aliphatic rings. The Kier molecular flexibility index (Phi) is 6.80. The number of nitrogens with zero attached hydrogens (tertiary/aromatic N) is 2. The standard InChI is InChI=1S/C16H34N4/c1-7-17-15(19-16(4,5)6)18-11-14-9-8-10-20(14)12-13(2)3/h13-14H,7-12H2,1-6H3,(H2,17,18,19)/t14-/m1/s1. The van der Waals surface area contributed by atoms with E-state index in [0.29, 0.717) is 6.04 Å². The smallest absolute Gasteiger partial charge is 0.191 e. The minimum atomic E-state index is 0.0499. The molecule has 1 atom stereocenters. The third kappa shape index (κ3) is 6.60. The van der Waals surface area contributed by atoms with Gasteiger partial charge in [0.15, 0.2) is 5.96 Å². The average Bonchev–Trinajstić information content (AvgIpc) is 2.71. The highest BCUT2D eigenvalue weighted by Crippen LogP contribution is 2.18. The predicted octanol–water partition coefficient (Wildman–Crippen LogP) is 2.46. The van der Waals surface area contributed by atoms with E-state index in [0.717, 1.165) is 25.0 Å². The van der Waals surface area contributed by atoms with Crippen molar-refractivity contribution >= 4 is 5.96 Å². The zero-order valence-corrected chi connectivity index (χ0v) is 14.3. The summed E-state index contributed by atoms with van der Waals surface area (Å²) >= 11 is 0. The maximum atomic E-state index is 4.79. The lowest BCUT2D eigenvalue weighted by molar-refractivity contribution is 0.231. The van der Waals surface area contributed by atoms with Gasteiger partial charge >= 0.3 is 0 Å². The summed E-state index contributed by atoms with van der Waals surface area (Å²) in [5.74, 6) is 1.68. The van der Waals surface area contributed by atoms with E-state index in [9.17, 15) is 0 Å². The molecule has 1 fully saturated rings. The summed E-state index contributed by atoms with van der Waals surface area (Å²) in [4.78, 5) is 7.40. The van der Waals surface area contributed by atoms with E-state index in [-0.39, 0.29) is 5.54 Å². The molecule has 1 aliphatic heterocycles. The zero-order valence-electron chi connectivity index (χ0n) is 14.3. The first kappa shape index (κ1) is 17.3. The van der Waals surface area contributed by atoms with Crippen LogP contribution in [0.1, 0.15) is 54.4 Å². The van der Waals surface area contributed by atoms with Crippen LogP contribution in [0.25, 0.3) is 0 Å². The van der Waals surface area contributed by atoms with E-state index in [4.69, 9.17) is 4.99 Å². The molecule has 0 bridgehead atoms. The molecule has 20 heavy (non-hydrogen) atoms. The normalized spacial score (nSPS) is 21.6. The van der Waals surface area contributed by atoms with Crippen molar-refractivity contribution in [1.29, 1.82) is 0 Å². The van der Waals surface area contributed by atoms with Crippen LogP contribution in [0.5, 0.6) is 0 Å². The minimum Gasteiger partial charge on any atom is -0.357 e. The molecule has 0 radical (unpaired) electrons. The Hall–Kier alpha value is -0.770. The van der Waals surface area contributed by atoms with E-state index in [2.05, 4.69) is 57.1 Å². The Morgan fingerprint density at radius 1 is 1.35 bits per heavy atom. The summed E-state index contributed by atoms with van der Waals surface area (Å²) in [7, 11) is 0. The zero-order chi connectivity index (χ0) is 15.2. The molecule has 0 aromatic heterocycles. The van der Waals surface area contributed by atoms with Crippen molar-refractivity contribution in [3.05, 3.63) is 0 Å². The number of hydrogen-bond donors (Lipinski definition) is 2. The molecule has 118 valence electrons. The van der Waals surface area contributed by atoms with Crippen LogP contribution in [-0.2, 0) is 0 Å². The molecule has 0 spiro atoms. The number of guanidine groups is 1. The summed E-state index contributed by atoms with van der Waals surface area (Å²) in [6, 6.07) is 0.618. The van der Waals surface area contributed by atoms with Gasteiger partial charge in [-0.05, 0) is 53.0 Å². The second-order valence-electron chi connectivity index (χ2n) is 7.28. The molecule has 2 N–H and O–H groups in total. The van der Waals surface area contributed by atoms with Gasteiger partial charge in [-0.3, -0.25) is 9.89 Å². The Morgan fingerprint density at radius 3 is 2.60 bits per heavy atom. The molecule has 4 nitrogen and oxygen atoms in total. The molecular formula is C16H34N4. The van der Waals surface area contributed by atoms with Gasteiger partial charge in [-0.25, -0.2) is 0 Å². The van der Waals surface area contributed by atoms with E-state index in [1.165, 1.54) is 25.9 Å². The molecule has 0 saturated carbocycles. The van der Waals surface area contributed by atoms with Gasteiger partial charge in [0.25, 0.3) is 0 Å². The fraction of sp³-hybridized carbons (Fsp3) is 0.938. The molecular weight excluding hydrogens is 248 g/mol. The van der Waals surface area contributed by atoms with Crippen LogP contribution in [0.2, 0.25) is 0 Å². The Morgan fingerprint density at radius 2 is 2.05 bits per heavy atom. The van der Waals surface area contributed by atoms with Gasteiger partial charge < -0.3 is 10.6 Å². The lowest BCUT2D eigenvalue weighted by Crippen LogP contribution is -2.48. The van der Waals surface area contributed by atoms with Gasteiger partial charge in [0.05, 0.1) is 6.54 Å². The van der Waals surface area contributed by atoms with Crippen molar-refractivity contribution in [1.82, 2.24) is 15.5 Å². The van der Waals surface area contributed by atoms with Crippen LogP contribution in [0.4, 0.5) is 0 Å². The lowest BCUT2D eigenvalue weighted by atomic mass is 10.1. The topological polar surface area (TPSA) is 39.7 Å². The molecule has 0 aromatic carbocycles. The van der Waals surface area contributed by atoms with Crippen molar-refractivity contribution in [2.24, 2.45) is 10.9 Å². The summed E-state index contributed by atoms with van der Waals surface area (Å²) in [5.41, 5.74) is 0.0499. The van der Waals surface area contributed by atoms with Gasteiger partial charge in [-0.15, -0.1) is 0 Å². The Balaban J connectivity index is 2.57. The maximum Gasteiger partial charge on any atom is 0.191 e. The van der Waals surface area contributed by atoms with Crippen LogP contribution >= 0.6 is 0 Å². The van der Waals surface area contributed by atoms with Crippen LogP contribution in [0.3, 0.4) is 0 Å². The van der Waals surface area contributed by atoms with Crippen molar-refractivity contribution in [3.8, 4) is 0 Å². The van der Waals surface area contributed by atoms with Crippen molar-refractivity contribution in [3.63, 3.8) is 0 Å². The SMILES string of the molecule is CCNC(=NC[C@H]1CCCN1CC(C)C)NC(C)(C)C. The Bertz CT molecular complexity index is 304. The van der Waals surface area contributed by atoms with Gasteiger partial charge in [0.2, 0.25) is 0 Å². The second kappa shape index (κ2) is 7.87. The number of nitrogens with one attached hydrogen (secondary N) is 2. The molecule has 4 heteroatoms. The number of aliphatic imine (C=N–C) groups is 1. The maximum absolute atomic E-state index is 4.79. The number of hydrogen-bond acceptors (Lipinski definition) is 2. The first-order valence-corrected chi connectivity index (χ1v) is 8.12.